The average Bonchev–Trinajstić information content (AvgIpc) is 2.95. The fourth-order valence-electron chi connectivity index (χ4n) is 3.63. The summed E-state index contributed by atoms with van der Waals surface area (Å²) in [5.74, 6) is -1.38. The second-order valence-corrected chi connectivity index (χ2v) is 9.02. The molecule has 10 heteroatoms. The van der Waals surface area contributed by atoms with Crippen LogP contribution in [0.25, 0.3) is 0 Å². The maximum Gasteiger partial charge on any atom is 0.437 e. The number of aromatic carboxylic acids is 1. The molecule has 2 unspecified atom stereocenters. The van der Waals surface area contributed by atoms with Crippen molar-refractivity contribution in [2.75, 3.05) is 6.26 Å². The number of benzene rings is 2. The minimum atomic E-state index is -4.88. The van der Waals surface area contributed by atoms with E-state index in [0.717, 1.165) is 23.9 Å². The highest BCUT2D eigenvalue weighted by molar-refractivity contribution is 8.00. The molecule has 0 aliphatic carbocycles. The van der Waals surface area contributed by atoms with Crippen molar-refractivity contribution < 1.29 is 27.9 Å². The molecule has 3 rings (SSSR count). The minimum absolute atomic E-state index is 0.0106. The topological polar surface area (TPSA) is 61.7 Å². The molecule has 0 aromatic heterocycles. The van der Waals surface area contributed by atoms with Crippen LogP contribution in [-0.2, 0) is 10.4 Å². The van der Waals surface area contributed by atoms with E-state index < -0.39 is 22.5 Å². The third kappa shape index (κ3) is 3.35. The van der Waals surface area contributed by atoms with Crippen LogP contribution in [0.5, 0.6) is 0 Å². The number of halogens is 5. The molecule has 0 saturated heterocycles. The summed E-state index contributed by atoms with van der Waals surface area (Å²) in [7, 11) is 0. The van der Waals surface area contributed by atoms with E-state index in [9.17, 15) is 23.1 Å². The molecule has 0 amide bonds. The van der Waals surface area contributed by atoms with Gasteiger partial charge in [0.25, 0.3) is 5.60 Å². The third-order valence-corrected chi connectivity index (χ3v) is 6.93. The zero-order valence-corrected chi connectivity index (χ0v) is 18.3. The number of rotatable bonds is 4. The monoisotopic (exact) mass is 476 g/mol. The van der Waals surface area contributed by atoms with Crippen molar-refractivity contribution in [2.24, 2.45) is 5.16 Å². The molecule has 0 bridgehead atoms. The molecular formula is C20H15Cl2F3NO3S-. The quantitative estimate of drug-likeness (QED) is 0.624. The van der Waals surface area contributed by atoms with Crippen molar-refractivity contribution in [3.05, 3.63) is 68.7 Å². The SMILES string of the molecule is CSC1(C)C(c2ccc(C(=O)[O-])c(C)c2)=NOC1(c1cc(Cl)cc(Cl)c1)C(F)(F)F. The van der Waals surface area contributed by atoms with E-state index in [1.54, 1.807) is 0 Å². The Morgan fingerprint density at radius 2 is 1.77 bits per heavy atom. The Morgan fingerprint density at radius 3 is 2.23 bits per heavy atom. The lowest BCUT2D eigenvalue weighted by Gasteiger charge is -2.41. The third-order valence-electron chi connectivity index (χ3n) is 5.19. The molecule has 160 valence electrons. The first-order valence-electron chi connectivity index (χ1n) is 8.55. The molecule has 1 heterocycles. The standard InChI is InChI=1S/C20H16Cl2F3NO3S/c1-10-6-11(4-5-15(10)17(27)28)16-18(2,30-3)19(29-26-16,20(23,24)25)12-7-13(21)9-14(22)8-12/h4-9H,1-3H3,(H,27,28)/p-1. The van der Waals surface area contributed by atoms with Gasteiger partial charge in [0.1, 0.15) is 10.5 Å². The largest absolute Gasteiger partial charge is 0.545 e. The van der Waals surface area contributed by atoms with Gasteiger partial charge in [0, 0.05) is 26.7 Å². The van der Waals surface area contributed by atoms with Crippen molar-refractivity contribution in [3.8, 4) is 0 Å². The van der Waals surface area contributed by atoms with Gasteiger partial charge in [-0.2, -0.15) is 13.2 Å². The van der Waals surface area contributed by atoms with Crippen LogP contribution >= 0.6 is 35.0 Å². The lowest BCUT2D eigenvalue weighted by atomic mass is 9.76. The molecule has 2 aromatic rings. The van der Waals surface area contributed by atoms with Crippen LogP contribution in [0.1, 0.15) is 34.0 Å². The van der Waals surface area contributed by atoms with Gasteiger partial charge >= 0.3 is 6.18 Å². The number of oxime groups is 1. The highest BCUT2D eigenvalue weighted by Gasteiger charge is 2.74. The lowest BCUT2D eigenvalue weighted by Crippen LogP contribution is -2.58. The summed E-state index contributed by atoms with van der Waals surface area (Å²) < 4.78 is 42.1. The smallest absolute Gasteiger partial charge is 0.437 e. The van der Waals surface area contributed by atoms with Gasteiger partial charge in [-0.05, 0) is 49.9 Å². The first-order valence-corrected chi connectivity index (χ1v) is 10.5. The number of thioether (sulfide) groups is 1. The molecule has 1 aliphatic rings. The van der Waals surface area contributed by atoms with Crippen LogP contribution in [0.2, 0.25) is 10.0 Å². The number of hydrogen-bond donors (Lipinski definition) is 0. The maximum absolute atomic E-state index is 14.6. The minimum Gasteiger partial charge on any atom is -0.545 e. The average molecular weight is 477 g/mol. The van der Waals surface area contributed by atoms with Crippen molar-refractivity contribution >= 4 is 46.6 Å². The van der Waals surface area contributed by atoms with Crippen molar-refractivity contribution in [1.82, 2.24) is 0 Å². The van der Waals surface area contributed by atoms with Gasteiger partial charge in [-0.3, -0.25) is 0 Å². The molecule has 2 atom stereocenters. The number of hydrogen-bond acceptors (Lipinski definition) is 5. The summed E-state index contributed by atoms with van der Waals surface area (Å²) in [5.41, 5.74) is -2.58. The van der Waals surface area contributed by atoms with Gasteiger partial charge in [-0.1, -0.05) is 40.5 Å². The van der Waals surface area contributed by atoms with E-state index in [1.807, 2.05) is 0 Å². The van der Waals surface area contributed by atoms with E-state index in [1.165, 1.54) is 44.4 Å². The second-order valence-electron chi connectivity index (χ2n) is 6.92. The summed E-state index contributed by atoms with van der Waals surface area (Å²) in [6.07, 6.45) is -3.37. The van der Waals surface area contributed by atoms with Crippen molar-refractivity contribution in [2.45, 2.75) is 30.4 Å². The fraction of sp³-hybridized carbons (Fsp3) is 0.300. The lowest BCUT2D eigenvalue weighted by molar-refractivity contribution is -0.282. The van der Waals surface area contributed by atoms with Gasteiger partial charge in [0.15, 0.2) is 0 Å². The molecule has 2 aromatic carbocycles. The predicted molar refractivity (Wildman–Crippen MR) is 109 cm³/mol. The van der Waals surface area contributed by atoms with E-state index in [-0.39, 0.29) is 26.9 Å². The first-order chi connectivity index (χ1) is 13.9. The fourth-order valence-corrected chi connectivity index (χ4v) is 5.07. The van der Waals surface area contributed by atoms with Crippen molar-refractivity contribution in [3.63, 3.8) is 0 Å². The molecule has 0 spiro atoms. The number of carbonyl (C=O) groups excluding carboxylic acids is 1. The Bertz CT molecular complexity index is 1040. The molecule has 30 heavy (non-hydrogen) atoms. The number of aryl methyl sites for hydroxylation is 1. The van der Waals surface area contributed by atoms with Crippen LogP contribution < -0.4 is 5.11 Å². The maximum atomic E-state index is 14.6. The summed E-state index contributed by atoms with van der Waals surface area (Å²) in [4.78, 5) is 16.4. The van der Waals surface area contributed by atoms with E-state index in [4.69, 9.17) is 28.0 Å². The summed E-state index contributed by atoms with van der Waals surface area (Å²) >= 11 is 12.9. The number of carboxylic acid groups (broad SMARTS) is 1. The molecule has 0 fully saturated rings. The van der Waals surface area contributed by atoms with Crippen LogP contribution in [0.15, 0.2) is 41.6 Å². The molecule has 0 N–H and O–H groups in total. The van der Waals surface area contributed by atoms with Gasteiger partial charge in [-0.25, -0.2) is 0 Å². The molecule has 0 saturated carbocycles. The van der Waals surface area contributed by atoms with Crippen LogP contribution in [0.3, 0.4) is 0 Å². The Morgan fingerprint density at radius 1 is 1.17 bits per heavy atom. The van der Waals surface area contributed by atoms with Gasteiger partial charge in [0.05, 0.1) is 5.97 Å². The highest BCUT2D eigenvalue weighted by Crippen LogP contribution is 2.59. The number of carboxylic acids is 1. The van der Waals surface area contributed by atoms with E-state index in [0.29, 0.717) is 11.1 Å². The molecular weight excluding hydrogens is 462 g/mol. The number of nitrogens with zero attached hydrogens (tertiary/aromatic N) is 1. The van der Waals surface area contributed by atoms with Gasteiger partial charge in [-0.15, -0.1) is 11.8 Å². The highest BCUT2D eigenvalue weighted by atomic mass is 35.5. The second kappa shape index (κ2) is 7.66. The summed E-state index contributed by atoms with van der Waals surface area (Å²) in [6, 6.07) is 7.72. The van der Waals surface area contributed by atoms with Crippen molar-refractivity contribution in [1.29, 1.82) is 0 Å². The number of carbonyl (C=O) groups is 1. The molecule has 1 aliphatic heterocycles. The van der Waals surface area contributed by atoms with E-state index >= 15 is 0 Å². The van der Waals surface area contributed by atoms with E-state index in [2.05, 4.69) is 5.16 Å². The number of alkyl halides is 3. The van der Waals surface area contributed by atoms with Crippen LogP contribution in [0.4, 0.5) is 13.2 Å². The Hall–Kier alpha value is -1.90. The van der Waals surface area contributed by atoms with Crippen LogP contribution in [-0.4, -0.2) is 28.9 Å². The molecule has 0 radical (unpaired) electrons. The Labute approximate surface area is 185 Å². The van der Waals surface area contributed by atoms with Crippen LogP contribution in [0, 0.1) is 6.92 Å². The Balaban J connectivity index is 2.24. The predicted octanol–water partition coefficient (Wildman–Crippen LogP) is 4.98. The first kappa shape index (κ1) is 22.8. The summed E-state index contributed by atoms with van der Waals surface area (Å²) in [6.45, 7) is 2.89. The Kier molecular flexibility index (Phi) is 5.81. The zero-order valence-electron chi connectivity index (χ0n) is 15.9. The summed E-state index contributed by atoms with van der Waals surface area (Å²) in [5, 5.41) is 15.1. The van der Waals surface area contributed by atoms with Gasteiger partial charge < -0.3 is 14.7 Å². The van der Waals surface area contributed by atoms with Gasteiger partial charge in [0.2, 0.25) is 0 Å². The zero-order chi connectivity index (χ0) is 22.5. The molecule has 4 nitrogen and oxygen atoms in total. The normalized spacial score (nSPS) is 23.8.